The highest BCUT2D eigenvalue weighted by Crippen LogP contribution is 2.46. The van der Waals surface area contributed by atoms with E-state index in [-0.39, 0.29) is 15.8 Å². The molecule has 8 aromatic carbocycles. The van der Waals surface area contributed by atoms with E-state index < -0.39 is 36.2 Å². The molecule has 626 valence electrons. The summed E-state index contributed by atoms with van der Waals surface area (Å²) in [6.07, 6.45) is 21.5. The predicted molar refractivity (Wildman–Crippen MR) is 472 cm³/mol. The number of primary sulfonamides is 1. The van der Waals surface area contributed by atoms with Crippen LogP contribution < -0.4 is 38.8 Å². The van der Waals surface area contributed by atoms with Gasteiger partial charge >= 0.3 is 6.09 Å². The number of nitriles is 4. The number of methoxy groups -OCH3 is 4. The molecule has 121 heavy (non-hydrogen) atoms. The van der Waals surface area contributed by atoms with Crippen LogP contribution in [0.25, 0.3) is 88.6 Å². The van der Waals surface area contributed by atoms with Crippen molar-refractivity contribution in [2.75, 3.05) is 51.3 Å². The van der Waals surface area contributed by atoms with Crippen molar-refractivity contribution >= 4 is 91.1 Å². The van der Waals surface area contributed by atoms with Crippen LogP contribution >= 0.6 is 0 Å². The Balaban J connectivity index is 0.000000132. The van der Waals surface area contributed by atoms with Crippen molar-refractivity contribution in [3.05, 3.63) is 192 Å². The highest BCUT2D eigenvalue weighted by Gasteiger charge is 2.32. The molecule has 0 saturated heterocycles. The number of aromatic nitrogens is 4. The first kappa shape index (κ1) is 85.3. The highest BCUT2D eigenvalue weighted by molar-refractivity contribution is 7.92. The molecule has 5 saturated carbocycles. The minimum absolute atomic E-state index is 0.0554. The Morgan fingerprint density at radius 1 is 0.430 bits per heavy atom. The minimum Gasteiger partial charge on any atom is -0.497 e. The number of amides is 1. The van der Waals surface area contributed by atoms with Crippen molar-refractivity contribution in [3.63, 3.8) is 0 Å². The van der Waals surface area contributed by atoms with Crippen LogP contribution in [0.3, 0.4) is 0 Å². The number of sulfonamides is 3. The summed E-state index contributed by atoms with van der Waals surface area (Å²) in [5.41, 5.74) is 14.2. The van der Waals surface area contributed by atoms with E-state index in [0.29, 0.717) is 64.0 Å². The SMILES string of the molecule is CCOC(=O)Nc1cccc(-c2c(C#N)c3ccc(OC)cc3n2C2CCCC2)c1.COc1ccc2c(C#N)c(-c3ccc(S(=O)(=O)NC4CC4)cc3)n(CC3CCCC3)c2c1.COc1ccc2c(C#N)c(-c3ccc(S(N)(=O)=O)cc3)n(CC3CCCC3)c2c1.COc1ccc2c(C#N)c(-c3cccc(NS(C)(=O)=O)c3)n(CC3CCCC3)c2c1. The van der Waals surface area contributed by atoms with Crippen molar-refractivity contribution in [3.8, 4) is 92.3 Å². The van der Waals surface area contributed by atoms with E-state index in [2.05, 4.69) is 57.3 Å². The summed E-state index contributed by atoms with van der Waals surface area (Å²) in [7, 11) is -4.11. The first-order valence-electron chi connectivity index (χ1n) is 41.3. The standard InChI is InChI=1S/C25H27N3O3S.C24H25N3O3.C23H25N3O3S.C22H23N3O3S/c1-31-20-10-13-22-23(15-26)25(28(24(22)14-20)16-17-4-2-3-5-17)18-6-11-21(12-7-18)32(29,30)27-19-8-9-19;1-3-30-24(28)26-17-8-6-7-16(13-17)23-21(15-25)20-12-11-19(29-2)14-22(20)27(23)18-9-4-5-10-18;1-29-19-10-11-20-21(14-24)23(17-8-5-9-18(12-17)25-30(2,27)28)26(22(20)13-19)15-16-6-3-4-7-16;1-28-17-8-11-19-20(13-23)22(16-6-9-18(10-7-16)29(24,26)27)25(21(19)12-17)14-15-4-2-3-5-15/h6-7,10-14,17,19,27H,2-5,8-9,16H2,1H3;6-8,11-14,18H,3-5,9-10H2,1-2H3,(H,26,28);5,8-13,16,25H,3-4,6-7,15H2,1-2H3;6-12,15H,2-5,14H2,1H3,(H2,24,26,27). The molecule has 12 aromatic rings. The van der Waals surface area contributed by atoms with Crippen molar-refractivity contribution in [1.29, 1.82) is 21.0 Å². The fraction of sp³-hybridized carbons (Fsp3) is 0.351. The molecule has 24 nitrogen and oxygen atoms in total. The van der Waals surface area contributed by atoms with Gasteiger partial charge < -0.3 is 42.0 Å². The van der Waals surface area contributed by atoms with Crippen LogP contribution in [0.4, 0.5) is 16.2 Å². The summed E-state index contributed by atoms with van der Waals surface area (Å²) in [6.45, 7) is 4.55. The Morgan fingerprint density at radius 3 is 1.17 bits per heavy atom. The molecule has 0 unspecified atom stereocenters. The van der Waals surface area contributed by atoms with E-state index in [1.165, 1.54) is 102 Å². The molecule has 17 rings (SSSR count). The Hall–Kier alpha value is -12.1. The number of benzene rings is 8. The Labute approximate surface area is 707 Å². The van der Waals surface area contributed by atoms with Gasteiger partial charge in [-0.2, -0.15) is 21.0 Å². The molecule has 5 fully saturated rings. The first-order chi connectivity index (χ1) is 58.5. The Morgan fingerprint density at radius 2 is 0.785 bits per heavy atom. The van der Waals surface area contributed by atoms with E-state index in [1.807, 2.05) is 121 Å². The van der Waals surface area contributed by atoms with Gasteiger partial charge in [-0.15, -0.1) is 0 Å². The number of hydrogen-bond donors (Lipinski definition) is 4. The second-order valence-corrected chi connectivity index (χ2v) is 36.9. The quantitative estimate of drug-likeness (QED) is 0.0462. The maximum Gasteiger partial charge on any atom is 0.411 e. The Kier molecular flexibility index (Phi) is 26.3. The van der Waals surface area contributed by atoms with E-state index >= 15 is 0 Å². The summed E-state index contributed by atoms with van der Waals surface area (Å²) in [4.78, 5) is 12.2. The smallest absolute Gasteiger partial charge is 0.411 e. The molecule has 0 bridgehead atoms. The van der Waals surface area contributed by atoms with Crippen LogP contribution in [0.2, 0.25) is 0 Å². The zero-order chi connectivity index (χ0) is 85.3. The van der Waals surface area contributed by atoms with Crippen LogP contribution in [-0.2, 0) is 54.4 Å². The average molecular weight is 1690 g/mol. The molecular formula is C94H100N12O12S3. The number of rotatable bonds is 23. The van der Waals surface area contributed by atoms with Crippen LogP contribution in [0.15, 0.2) is 180 Å². The molecular weight excluding hydrogens is 1590 g/mol. The second-order valence-electron chi connectivity index (χ2n) is 31.8. The molecule has 27 heteroatoms. The lowest BCUT2D eigenvalue weighted by atomic mass is 10.0. The Bertz CT molecular complexity index is 6390. The lowest BCUT2D eigenvalue weighted by Gasteiger charge is -2.19. The van der Waals surface area contributed by atoms with Crippen LogP contribution in [0, 0.1) is 63.1 Å². The number of nitrogens with one attached hydrogen (secondary N) is 3. The number of anilines is 2. The van der Waals surface area contributed by atoms with Gasteiger partial charge in [-0.3, -0.25) is 10.0 Å². The predicted octanol–water partition coefficient (Wildman–Crippen LogP) is 19.5. The van der Waals surface area contributed by atoms with Gasteiger partial charge in [-0.25, -0.2) is 39.9 Å². The third-order valence-electron chi connectivity index (χ3n) is 23.8. The number of carbonyl (C=O) groups excluding carboxylic acids is 1. The van der Waals surface area contributed by atoms with Crippen molar-refractivity contribution in [2.24, 2.45) is 22.9 Å². The zero-order valence-electron chi connectivity index (χ0n) is 68.9. The zero-order valence-corrected chi connectivity index (χ0v) is 71.3. The number of nitrogens with two attached hydrogens (primary N) is 1. The van der Waals surface area contributed by atoms with E-state index in [0.717, 1.165) is 163 Å². The third kappa shape index (κ3) is 19.1. The molecule has 5 N–H and O–H groups in total. The number of carbonyl (C=O) groups is 1. The highest BCUT2D eigenvalue weighted by atomic mass is 32.2. The number of nitrogens with zero attached hydrogens (tertiary/aromatic N) is 8. The molecule has 0 spiro atoms. The topological polar surface area (TPSA) is 343 Å². The summed E-state index contributed by atoms with van der Waals surface area (Å²) >= 11 is 0. The number of fused-ring (bicyclic) bond motifs is 4. The van der Waals surface area contributed by atoms with Gasteiger partial charge in [0.25, 0.3) is 0 Å². The maximum atomic E-state index is 12.6. The van der Waals surface area contributed by atoms with Crippen LogP contribution in [0.1, 0.15) is 151 Å². The largest absolute Gasteiger partial charge is 0.497 e. The van der Waals surface area contributed by atoms with Gasteiger partial charge in [0.15, 0.2) is 0 Å². The summed E-state index contributed by atoms with van der Waals surface area (Å²) < 4.78 is 113. The molecule has 0 radical (unpaired) electrons. The van der Waals surface area contributed by atoms with Crippen molar-refractivity contribution in [2.45, 2.75) is 164 Å². The summed E-state index contributed by atoms with van der Waals surface area (Å²) in [5.74, 6) is 4.71. The van der Waals surface area contributed by atoms with Crippen LogP contribution in [-0.4, -0.2) is 97.0 Å². The van der Waals surface area contributed by atoms with Gasteiger partial charge in [0.2, 0.25) is 30.1 Å². The molecule has 0 aliphatic heterocycles. The molecule has 5 aliphatic rings. The van der Waals surface area contributed by atoms with Crippen molar-refractivity contribution in [1.82, 2.24) is 23.0 Å². The van der Waals surface area contributed by atoms with Gasteiger partial charge in [0.05, 0.1) is 118 Å². The van der Waals surface area contributed by atoms with Crippen molar-refractivity contribution < 1.29 is 53.7 Å². The average Bonchev–Trinajstić information content (AvgIpc) is 1.60. The lowest BCUT2D eigenvalue weighted by Crippen LogP contribution is -2.25. The summed E-state index contributed by atoms with van der Waals surface area (Å²) in [6, 6.07) is 61.3. The van der Waals surface area contributed by atoms with Gasteiger partial charge in [-0.1, -0.05) is 99.9 Å². The lowest BCUT2D eigenvalue weighted by molar-refractivity contribution is 0.168. The maximum absolute atomic E-state index is 12.6. The molecule has 1 amide bonds. The van der Waals surface area contributed by atoms with Gasteiger partial charge in [-0.05, 0) is 197 Å². The second kappa shape index (κ2) is 37.3. The number of hydrogen-bond acceptors (Lipinski definition) is 16. The monoisotopic (exact) mass is 1680 g/mol. The number of ether oxygens (including phenoxy) is 5. The fourth-order valence-corrected chi connectivity index (χ4v) is 20.3. The summed E-state index contributed by atoms with van der Waals surface area (Å²) in [5, 5.41) is 51.7. The fourth-order valence-electron chi connectivity index (χ4n) is 17.9. The van der Waals surface area contributed by atoms with E-state index in [1.54, 1.807) is 71.8 Å². The normalized spacial score (nSPS) is 15.2. The molecule has 4 aromatic heterocycles. The first-order valence-corrected chi connectivity index (χ1v) is 46.2. The van der Waals surface area contributed by atoms with E-state index in [4.69, 9.17) is 28.8 Å². The van der Waals surface area contributed by atoms with Gasteiger partial charge in [0, 0.05) is 100 Å². The minimum atomic E-state index is -3.77. The molecule has 5 aliphatic carbocycles. The van der Waals surface area contributed by atoms with Gasteiger partial charge in [0.1, 0.15) is 47.3 Å². The van der Waals surface area contributed by atoms with Crippen LogP contribution in [0.5, 0.6) is 23.0 Å². The van der Waals surface area contributed by atoms with E-state index in [9.17, 15) is 51.1 Å². The molecule has 0 atom stereocenters. The third-order valence-corrected chi connectivity index (χ3v) is 26.9. The molecule has 4 heterocycles.